The highest BCUT2D eigenvalue weighted by atomic mass is 35.5. The zero-order valence-electron chi connectivity index (χ0n) is 12.6. The van der Waals surface area contributed by atoms with Gasteiger partial charge in [0.25, 0.3) is 5.91 Å². The lowest BCUT2D eigenvalue weighted by Gasteiger charge is -2.16. The van der Waals surface area contributed by atoms with E-state index in [9.17, 15) is 4.79 Å². The molecule has 0 saturated carbocycles. The highest BCUT2D eigenvalue weighted by Crippen LogP contribution is 2.29. The normalized spacial score (nSPS) is 12.0. The molecule has 0 aliphatic rings. The summed E-state index contributed by atoms with van der Waals surface area (Å²) < 4.78 is 0. The number of thiophene rings is 1. The first-order valence-electron chi connectivity index (χ1n) is 6.77. The Bertz CT molecular complexity index is 666. The fourth-order valence-corrected chi connectivity index (χ4v) is 3.56. The summed E-state index contributed by atoms with van der Waals surface area (Å²) in [7, 11) is 1.60. The third kappa shape index (κ3) is 3.57. The summed E-state index contributed by atoms with van der Waals surface area (Å²) >= 11 is 7.86. The standard InChI is InChI=1S/C16H19ClN2OS/c1-9-7-13(11(3)21-9)10(2)19-12-5-6-15(17)14(8-12)16(20)18-4/h5-8,10,19H,1-4H3,(H,18,20). The number of rotatable bonds is 4. The highest BCUT2D eigenvalue weighted by molar-refractivity contribution is 7.12. The van der Waals surface area contributed by atoms with Crippen molar-refractivity contribution in [3.05, 3.63) is 50.2 Å². The fraction of sp³-hybridized carbons (Fsp3) is 0.312. The molecule has 3 nitrogen and oxygen atoms in total. The number of amides is 1. The number of nitrogens with one attached hydrogen (secondary N) is 2. The minimum absolute atomic E-state index is 0.175. The number of aryl methyl sites for hydroxylation is 2. The Labute approximate surface area is 134 Å². The maximum Gasteiger partial charge on any atom is 0.252 e. The van der Waals surface area contributed by atoms with Crippen LogP contribution in [0.4, 0.5) is 5.69 Å². The minimum atomic E-state index is -0.182. The molecule has 2 N–H and O–H groups in total. The first kappa shape index (κ1) is 15.9. The van der Waals surface area contributed by atoms with Crippen LogP contribution >= 0.6 is 22.9 Å². The molecule has 2 rings (SSSR count). The van der Waals surface area contributed by atoms with E-state index in [0.29, 0.717) is 10.6 Å². The molecular weight excluding hydrogens is 304 g/mol. The van der Waals surface area contributed by atoms with Gasteiger partial charge in [0, 0.05) is 28.5 Å². The van der Waals surface area contributed by atoms with E-state index in [1.54, 1.807) is 30.5 Å². The second-order valence-electron chi connectivity index (χ2n) is 5.01. The average molecular weight is 323 g/mol. The first-order chi connectivity index (χ1) is 9.92. The molecule has 0 radical (unpaired) electrons. The maximum absolute atomic E-state index is 11.8. The van der Waals surface area contributed by atoms with Gasteiger partial charge in [0.1, 0.15) is 0 Å². The maximum atomic E-state index is 11.8. The van der Waals surface area contributed by atoms with Gasteiger partial charge >= 0.3 is 0 Å². The van der Waals surface area contributed by atoms with Crippen molar-refractivity contribution in [1.29, 1.82) is 0 Å². The molecule has 21 heavy (non-hydrogen) atoms. The molecule has 0 saturated heterocycles. The number of hydrogen-bond acceptors (Lipinski definition) is 3. The van der Waals surface area contributed by atoms with Crippen molar-refractivity contribution in [3.8, 4) is 0 Å². The first-order valence-corrected chi connectivity index (χ1v) is 7.97. The van der Waals surface area contributed by atoms with Crippen LogP contribution in [0.25, 0.3) is 0 Å². The van der Waals surface area contributed by atoms with Gasteiger partial charge in [-0.05, 0) is 50.6 Å². The summed E-state index contributed by atoms with van der Waals surface area (Å²) in [5.41, 5.74) is 2.65. The molecule has 0 aliphatic carbocycles. The quantitative estimate of drug-likeness (QED) is 0.867. The number of anilines is 1. The average Bonchev–Trinajstić information content (AvgIpc) is 2.79. The highest BCUT2D eigenvalue weighted by Gasteiger charge is 2.13. The van der Waals surface area contributed by atoms with Crippen LogP contribution in [0, 0.1) is 13.8 Å². The summed E-state index contributed by atoms with van der Waals surface area (Å²) in [5.74, 6) is -0.182. The lowest BCUT2D eigenvalue weighted by molar-refractivity contribution is 0.0963. The molecule has 2 aromatic rings. The molecule has 112 valence electrons. The molecule has 1 aromatic heterocycles. The van der Waals surface area contributed by atoms with Crippen molar-refractivity contribution < 1.29 is 4.79 Å². The number of halogens is 1. The van der Waals surface area contributed by atoms with Crippen LogP contribution in [0.5, 0.6) is 0 Å². The van der Waals surface area contributed by atoms with Crippen LogP contribution in [0.15, 0.2) is 24.3 Å². The summed E-state index contributed by atoms with van der Waals surface area (Å²) in [5, 5.41) is 6.48. The summed E-state index contributed by atoms with van der Waals surface area (Å²) in [6, 6.07) is 7.79. The Morgan fingerprint density at radius 1 is 1.29 bits per heavy atom. The molecule has 1 atom stereocenters. The summed E-state index contributed by atoms with van der Waals surface area (Å²) in [6.07, 6.45) is 0. The SMILES string of the molecule is CNC(=O)c1cc(NC(C)c2cc(C)sc2C)ccc1Cl. The van der Waals surface area contributed by atoms with Gasteiger partial charge in [-0.1, -0.05) is 11.6 Å². The van der Waals surface area contributed by atoms with Crippen LogP contribution < -0.4 is 10.6 Å². The van der Waals surface area contributed by atoms with Gasteiger partial charge in [-0.3, -0.25) is 4.79 Å². The second-order valence-corrected chi connectivity index (χ2v) is 6.88. The van der Waals surface area contributed by atoms with Gasteiger partial charge in [-0.15, -0.1) is 11.3 Å². The lowest BCUT2D eigenvalue weighted by atomic mass is 10.1. The zero-order chi connectivity index (χ0) is 15.6. The fourth-order valence-electron chi connectivity index (χ4n) is 2.33. The van der Waals surface area contributed by atoms with E-state index in [1.165, 1.54) is 15.3 Å². The van der Waals surface area contributed by atoms with Crippen molar-refractivity contribution in [2.24, 2.45) is 0 Å². The van der Waals surface area contributed by atoms with Gasteiger partial charge in [-0.2, -0.15) is 0 Å². The molecule has 0 fully saturated rings. The monoisotopic (exact) mass is 322 g/mol. The third-order valence-electron chi connectivity index (χ3n) is 3.37. The molecule has 0 aliphatic heterocycles. The van der Waals surface area contributed by atoms with Crippen LogP contribution in [0.3, 0.4) is 0 Å². The number of benzene rings is 1. The Kier molecular flexibility index (Phi) is 4.91. The smallest absolute Gasteiger partial charge is 0.252 e. The van der Waals surface area contributed by atoms with E-state index in [4.69, 9.17) is 11.6 Å². The van der Waals surface area contributed by atoms with Crippen molar-refractivity contribution in [2.75, 3.05) is 12.4 Å². The van der Waals surface area contributed by atoms with Crippen molar-refractivity contribution >= 4 is 34.5 Å². The van der Waals surface area contributed by atoms with Crippen LogP contribution in [0.2, 0.25) is 5.02 Å². The molecule has 5 heteroatoms. The van der Waals surface area contributed by atoms with Gasteiger partial charge < -0.3 is 10.6 Å². The van der Waals surface area contributed by atoms with E-state index < -0.39 is 0 Å². The molecule has 0 spiro atoms. The molecular formula is C16H19ClN2OS. The predicted molar refractivity (Wildman–Crippen MR) is 90.7 cm³/mol. The molecule has 0 bridgehead atoms. The molecule has 1 amide bonds. The van der Waals surface area contributed by atoms with Crippen molar-refractivity contribution in [1.82, 2.24) is 5.32 Å². The largest absolute Gasteiger partial charge is 0.378 e. The van der Waals surface area contributed by atoms with E-state index in [0.717, 1.165) is 5.69 Å². The second kappa shape index (κ2) is 6.50. The Morgan fingerprint density at radius 2 is 2.00 bits per heavy atom. The van der Waals surface area contributed by atoms with Gasteiger partial charge in [0.15, 0.2) is 0 Å². The predicted octanol–water partition coefficient (Wildman–Crippen LogP) is 4.55. The van der Waals surface area contributed by atoms with E-state index in [1.807, 2.05) is 6.07 Å². The van der Waals surface area contributed by atoms with Crippen LogP contribution in [0.1, 0.15) is 38.6 Å². The number of carbonyl (C=O) groups is 1. The number of hydrogen-bond donors (Lipinski definition) is 2. The number of carbonyl (C=O) groups excluding carboxylic acids is 1. The van der Waals surface area contributed by atoms with Crippen molar-refractivity contribution in [2.45, 2.75) is 26.8 Å². The topological polar surface area (TPSA) is 41.1 Å². The minimum Gasteiger partial charge on any atom is -0.378 e. The van der Waals surface area contributed by atoms with E-state index in [-0.39, 0.29) is 11.9 Å². The summed E-state index contributed by atoms with van der Waals surface area (Å²) in [4.78, 5) is 14.4. The molecule has 1 heterocycles. The van der Waals surface area contributed by atoms with Crippen LogP contribution in [-0.4, -0.2) is 13.0 Å². The Balaban J connectivity index is 2.23. The van der Waals surface area contributed by atoms with E-state index >= 15 is 0 Å². The van der Waals surface area contributed by atoms with Gasteiger partial charge in [-0.25, -0.2) is 0 Å². The Hall–Kier alpha value is -1.52. The van der Waals surface area contributed by atoms with Gasteiger partial charge in [0.2, 0.25) is 0 Å². The third-order valence-corrected chi connectivity index (χ3v) is 4.68. The zero-order valence-corrected chi connectivity index (χ0v) is 14.2. The Morgan fingerprint density at radius 3 is 2.57 bits per heavy atom. The lowest BCUT2D eigenvalue weighted by Crippen LogP contribution is -2.18. The summed E-state index contributed by atoms with van der Waals surface area (Å²) in [6.45, 7) is 6.35. The van der Waals surface area contributed by atoms with Crippen molar-refractivity contribution in [3.63, 3.8) is 0 Å². The molecule has 1 unspecified atom stereocenters. The van der Waals surface area contributed by atoms with E-state index in [2.05, 4.69) is 37.5 Å². The molecule has 1 aromatic carbocycles. The van der Waals surface area contributed by atoms with Gasteiger partial charge in [0.05, 0.1) is 10.6 Å². The van der Waals surface area contributed by atoms with Crippen LogP contribution in [-0.2, 0) is 0 Å².